The Labute approximate surface area is 183 Å². The van der Waals surface area contributed by atoms with E-state index < -0.39 is 10.1 Å². The monoisotopic (exact) mass is 549 g/mol. The zero-order valence-corrected chi connectivity index (χ0v) is 23.8. The fourth-order valence-electron chi connectivity index (χ4n) is 2.41. The van der Waals surface area contributed by atoms with E-state index in [1.165, 1.54) is 51.4 Å². The van der Waals surface area contributed by atoms with Gasteiger partial charge in [0, 0.05) is 49.9 Å². The Bertz CT molecular complexity index is 474. The molecule has 0 aromatic heterocycles. The van der Waals surface area contributed by atoms with E-state index in [4.69, 9.17) is 4.18 Å². The summed E-state index contributed by atoms with van der Waals surface area (Å²) in [5.41, 5.74) is 0. The molecule has 0 fully saturated rings. The molecule has 0 heterocycles. The molecule has 3 nitrogen and oxygen atoms in total. The average molecular weight is 550 g/mol. The van der Waals surface area contributed by atoms with E-state index in [9.17, 15) is 8.42 Å². The molecule has 0 aliphatic rings. The fourth-order valence-corrected chi connectivity index (χ4v) is 3.38. The first-order chi connectivity index (χ1) is 10.7. The number of rotatable bonds is 13. The molecule has 0 aliphatic carbocycles. The van der Waals surface area contributed by atoms with Gasteiger partial charge in [-0.2, -0.15) is 8.42 Å². The van der Waals surface area contributed by atoms with Crippen LogP contribution in [0.3, 0.4) is 0 Å². The molecule has 0 aliphatic heterocycles. The van der Waals surface area contributed by atoms with Crippen LogP contribution in [0, 0.1) is 49.9 Å². The summed E-state index contributed by atoms with van der Waals surface area (Å²) in [6.07, 6.45) is 12.3. The van der Waals surface area contributed by atoms with E-state index >= 15 is 0 Å². The van der Waals surface area contributed by atoms with E-state index in [1.54, 1.807) is 30.3 Å². The molecule has 0 N–H and O–H groups in total. The Morgan fingerprint density at radius 2 is 1.26 bits per heavy atom. The summed E-state index contributed by atoms with van der Waals surface area (Å²) in [5.74, 6) is 0. The normalized spacial score (nSPS) is 11.2. The minimum atomic E-state index is -3.57. The van der Waals surface area contributed by atoms with Crippen molar-refractivity contribution in [2.45, 2.75) is 76.0 Å². The van der Waals surface area contributed by atoms with Gasteiger partial charge < -0.3 is 0 Å². The maximum absolute atomic E-state index is 11.9. The van der Waals surface area contributed by atoms with Crippen LogP contribution < -0.4 is 0 Å². The average Bonchev–Trinajstić information content (AvgIpc) is 2.53. The van der Waals surface area contributed by atoms with E-state index in [2.05, 4.69) is 6.92 Å². The molecule has 23 heavy (non-hydrogen) atoms. The van der Waals surface area contributed by atoms with Crippen molar-refractivity contribution < 1.29 is 62.5 Å². The van der Waals surface area contributed by atoms with Crippen molar-refractivity contribution in [3.8, 4) is 0 Å². The van der Waals surface area contributed by atoms with Crippen LogP contribution in [0.1, 0.15) is 71.1 Å². The van der Waals surface area contributed by atoms with Crippen LogP contribution in [-0.4, -0.2) is 15.0 Å². The van der Waals surface area contributed by atoms with E-state index in [0.29, 0.717) is 0 Å². The molecular weight excluding hydrogens is 519 g/mol. The van der Waals surface area contributed by atoms with Crippen molar-refractivity contribution in [2.24, 2.45) is 0 Å². The minimum Gasteiger partial charge on any atom is -0.266 e. The molecule has 0 spiro atoms. The van der Waals surface area contributed by atoms with Crippen molar-refractivity contribution in [3.63, 3.8) is 0 Å². The molecule has 0 saturated heterocycles. The van der Waals surface area contributed by atoms with Gasteiger partial charge in [0.05, 0.1) is 11.5 Å². The third kappa shape index (κ3) is 11.8. The van der Waals surface area contributed by atoms with Gasteiger partial charge in [0.15, 0.2) is 0 Å². The number of hydrogen-bond donors (Lipinski definition) is 0. The van der Waals surface area contributed by atoms with Crippen molar-refractivity contribution in [2.75, 3.05) is 6.61 Å². The van der Waals surface area contributed by atoms with Gasteiger partial charge in [-0.25, -0.2) is 0 Å². The number of unbranched alkanes of at least 4 members (excludes halogenated alkanes) is 9. The van der Waals surface area contributed by atoms with Crippen LogP contribution in [0.5, 0.6) is 0 Å². The zero-order valence-electron chi connectivity index (χ0n) is 14.8. The van der Waals surface area contributed by atoms with Crippen LogP contribution in [-0.2, 0) is 14.3 Å². The van der Waals surface area contributed by atoms with Gasteiger partial charge in [0.1, 0.15) is 0 Å². The van der Waals surface area contributed by atoms with Crippen molar-refractivity contribution >= 4 is 10.1 Å². The smallest absolute Gasteiger partial charge is 0.266 e. The molecule has 0 atom stereocenters. The van der Waals surface area contributed by atoms with Gasteiger partial charge in [-0.05, 0) is 18.6 Å². The molecule has 1 aromatic carbocycles. The van der Waals surface area contributed by atoms with Gasteiger partial charge in [0.25, 0.3) is 10.1 Å². The minimum absolute atomic E-state index is 0. The van der Waals surface area contributed by atoms with Crippen LogP contribution >= 0.6 is 0 Å². The maximum Gasteiger partial charge on any atom is 0.296 e. The van der Waals surface area contributed by atoms with Gasteiger partial charge in [0.2, 0.25) is 0 Å². The molecule has 1 rings (SSSR count). The Kier molecular flexibility index (Phi) is 15.5. The van der Waals surface area contributed by atoms with E-state index in [0.717, 1.165) is 12.8 Å². The molecule has 0 amide bonds. The molecular formula is C18H30FrO3S. The molecule has 5 heteroatoms. The van der Waals surface area contributed by atoms with Crippen molar-refractivity contribution in [3.05, 3.63) is 30.3 Å². The third-order valence-corrected chi connectivity index (χ3v) is 5.09. The fraction of sp³-hybridized carbons (Fsp3) is 0.667. The van der Waals surface area contributed by atoms with Gasteiger partial charge in [-0.1, -0.05) is 82.9 Å². The topological polar surface area (TPSA) is 43.4 Å². The standard InChI is InChI=1S/C18H30O3S.Fr/c1-2-3-4-5-6-7-8-9-10-14-17-21-22(19,20)18-15-12-11-13-16-18;/h11-13,15-16H,2-10,14,17H2,1H3;. The Hall–Kier alpha value is 0.727. The zero-order chi connectivity index (χ0) is 16.1. The molecule has 0 bridgehead atoms. The second-order valence-electron chi connectivity index (χ2n) is 5.77. The summed E-state index contributed by atoms with van der Waals surface area (Å²) in [6.45, 7) is 2.52. The van der Waals surface area contributed by atoms with Crippen molar-refractivity contribution in [1.82, 2.24) is 0 Å². The summed E-state index contributed by atoms with van der Waals surface area (Å²) in [4.78, 5) is 0.238. The van der Waals surface area contributed by atoms with E-state index in [1.807, 2.05) is 0 Å². The van der Waals surface area contributed by atoms with Gasteiger partial charge >= 0.3 is 0 Å². The summed E-state index contributed by atoms with van der Waals surface area (Å²) >= 11 is 0. The van der Waals surface area contributed by atoms with Crippen LogP contribution in [0.4, 0.5) is 0 Å². The second kappa shape index (κ2) is 15.0. The first-order valence-electron chi connectivity index (χ1n) is 8.61. The van der Waals surface area contributed by atoms with Gasteiger partial charge in [-0.3, -0.25) is 4.18 Å². The summed E-state index contributed by atoms with van der Waals surface area (Å²) in [6, 6.07) is 8.33. The van der Waals surface area contributed by atoms with Gasteiger partial charge in [-0.15, -0.1) is 0 Å². The molecule has 1 aromatic rings. The molecule has 0 unspecified atom stereocenters. The molecule has 0 saturated carbocycles. The third-order valence-electron chi connectivity index (χ3n) is 3.77. The van der Waals surface area contributed by atoms with Crippen LogP contribution in [0.15, 0.2) is 35.2 Å². The number of hydrogen-bond acceptors (Lipinski definition) is 3. The maximum atomic E-state index is 11.9. The largest absolute Gasteiger partial charge is 0.296 e. The first kappa shape index (κ1) is 23.7. The summed E-state index contributed by atoms with van der Waals surface area (Å²) in [7, 11) is -3.57. The molecule has 127 valence electrons. The predicted molar refractivity (Wildman–Crippen MR) is 91.4 cm³/mol. The predicted octanol–water partition coefficient (Wildman–Crippen LogP) is 5.31. The summed E-state index contributed by atoms with van der Waals surface area (Å²) in [5, 5.41) is 0. The van der Waals surface area contributed by atoms with Crippen LogP contribution in [0.2, 0.25) is 0 Å². The Morgan fingerprint density at radius 1 is 0.783 bits per heavy atom. The summed E-state index contributed by atoms with van der Waals surface area (Å²) < 4.78 is 28.8. The Morgan fingerprint density at radius 3 is 1.78 bits per heavy atom. The number of benzene rings is 1. The molecule has 1 radical (unpaired) electrons. The quantitative estimate of drug-likeness (QED) is 0.248. The SMILES string of the molecule is CCCCCCCCCCCCOS(=O)(=O)c1ccccc1.[Fr]. The van der Waals surface area contributed by atoms with E-state index in [-0.39, 0.29) is 61.4 Å². The van der Waals surface area contributed by atoms with Crippen molar-refractivity contribution in [1.29, 1.82) is 0 Å². The van der Waals surface area contributed by atoms with Crippen LogP contribution in [0.25, 0.3) is 0 Å². The Balaban J connectivity index is 0.00000484. The first-order valence-corrected chi connectivity index (χ1v) is 10.0. The second-order valence-corrected chi connectivity index (χ2v) is 7.39.